The van der Waals surface area contributed by atoms with Gasteiger partial charge in [-0.1, -0.05) is 31.5 Å². The molecule has 0 spiro atoms. The number of para-hydroxylation sites is 1. The Morgan fingerprint density at radius 2 is 2.15 bits per heavy atom. The number of imidazole rings is 1. The minimum atomic E-state index is 0.764. The van der Waals surface area contributed by atoms with Gasteiger partial charge in [-0.05, 0) is 24.5 Å². The normalized spacial score (nSPS) is 10.7. The van der Waals surface area contributed by atoms with E-state index in [2.05, 4.69) is 46.1 Å². The molecule has 1 aromatic carbocycles. The highest BCUT2D eigenvalue weighted by molar-refractivity contribution is 5.47. The number of aromatic nitrogens is 2. The zero-order valence-corrected chi connectivity index (χ0v) is 12.3. The first-order chi connectivity index (χ1) is 9.86. The second kappa shape index (κ2) is 7.70. The number of hydrogen-bond donors (Lipinski definition) is 1. The Kier molecular flexibility index (Phi) is 5.62. The van der Waals surface area contributed by atoms with Crippen LogP contribution in [0.25, 0.3) is 5.69 Å². The number of ether oxygens (including phenoxy) is 1. The lowest BCUT2D eigenvalue weighted by atomic mass is 10.1. The lowest BCUT2D eigenvalue weighted by molar-refractivity contribution is 0.197. The first-order valence-electron chi connectivity index (χ1n) is 7.21. The molecule has 0 aliphatic rings. The van der Waals surface area contributed by atoms with Crippen LogP contribution in [0.5, 0.6) is 0 Å². The summed E-state index contributed by atoms with van der Waals surface area (Å²) in [4.78, 5) is 4.40. The molecule has 4 heteroatoms. The molecule has 0 saturated carbocycles. The number of benzene rings is 1. The molecule has 2 aromatic rings. The van der Waals surface area contributed by atoms with Gasteiger partial charge in [0.1, 0.15) is 0 Å². The van der Waals surface area contributed by atoms with E-state index in [4.69, 9.17) is 4.74 Å². The largest absolute Gasteiger partial charge is 0.385 e. The molecule has 0 aliphatic carbocycles. The van der Waals surface area contributed by atoms with E-state index in [1.165, 1.54) is 11.3 Å². The van der Waals surface area contributed by atoms with Gasteiger partial charge in [-0.15, -0.1) is 0 Å². The summed E-state index contributed by atoms with van der Waals surface area (Å²) < 4.78 is 7.18. The summed E-state index contributed by atoms with van der Waals surface area (Å²) in [7, 11) is 1.72. The van der Waals surface area contributed by atoms with Crippen molar-refractivity contribution in [2.24, 2.45) is 0 Å². The standard InChI is InChI=1S/C16H23N3O/c1-3-7-14-8-4-5-9-15(14)19-12-11-18-16(19)17-10-6-13-20-2/h4-5,8-9,11-12H,3,6-7,10,13H2,1-2H3,(H,17,18). The molecular weight excluding hydrogens is 250 g/mol. The van der Waals surface area contributed by atoms with Crippen LogP contribution in [0.1, 0.15) is 25.3 Å². The van der Waals surface area contributed by atoms with E-state index in [-0.39, 0.29) is 0 Å². The molecule has 1 aromatic heterocycles. The van der Waals surface area contributed by atoms with Crippen molar-refractivity contribution in [2.45, 2.75) is 26.2 Å². The lowest BCUT2D eigenvalue weighted by Gasteiger charge is -2.13. The van der Waals surface area contributed by atoms with Crippen molar-refractivity contribution >= 4 is 5.95 Å². The number of aryl methyl sites for hydroxylation is 1. The van der Waals surface area contributed by atoms with Crippen molar-refractivity contribution in [1.29, 1.82) is 0 Å². The van der Waals surface area contributed by atoms with Gasteiger partial charge in [0.05, 0.1) is 5.69 Å². The van der Waals surface area contributed by atoms with Gasteiger partial charge in [0, 0.05) is 32.7 Å². The quantitative estimate of drug-likeness (QED) is 0.750. The molecule has 20 heavy (non-hydrogen) atoms. The molecule has 0 aliphatic heterocycles. The molecule has 0 bridgehead atoms. The number of nitrogens with one attached hydrogen (secondary N) is 1. The molecule has 1 heterocycles. The van der Waals surface area contributed by atoms with Gasteiger partial charge in [0.25, 0.3) is 0 Å². The van der Waals surface area contributed by atoms with Gasteiger partial charge in [0.15, 0.2) is 0 Å². The summed E-state index contributed by atoms with van der Waals surface area (Å²) in [6.07, 6.45) is 7.04. The van der Waals surface area contributed by atoms with E-state index in [1.54, 1.807) is 7.11 Å². The van der Waals surface area contributed by atoms with Gasteiger partial charge in [-0.2, -0.15) is 0 Å². The fraction of sp³-hybridized carbons (Fsp3) is 0.438. The van der Waals surface area contributed by atoms with Gasteiger partial charge < -0.3 is 10.1 Å². The van der Waals surface area contributed by atoms with Crippen LogP contribution in [-0.4, -0.2) is 29.8 Å². The highest BCUT2D eigenvalue weighted by Gasteiger charge is 2.08. The van der Waals surface area contributed by atoms with Crippen molar-refractivity contribution in [3.63, 3.8) is 0 Å². The SMILES string of the molecule is CCCc1ccccc1-n1ccnc1NCCCOC. The minimum Gasteiger partial charge on any atom is -0.385 e. The number of methoxy groups -OCH3 is 1. The Hall–Kier alpha value is -1.81. The van der Waals surface area contributed by atoms with Crippen molar-refractivity contribution in [3.8, 4) is 5.69 Å². The fourth-order valence-electron chi connectivity index (χ4n) is 2.27. The van der Waals surface area contributed by atoms with E-state index in [9.17, 15) is 0 Å². The monoisotopic (exact) mass is 273 g/mol. The smallest absolute Gasteiger partial charge is 0.207 e. The van der Waals surface area contributed by atoms with Gasteiger partial charge in [0.2, 0.25) is 5.95 Å². The molecule has 0 radical (unpaired) electrons. The number of hydrogen-bond acceptors (Lipinski definition) is 3. The van der Waals surface area contributed by atoms with E-state index < -0.39 is 0 Å². The molecule has 0 saturated heterocycles. The molecular formula is C16H23N3O. The average molecular weight is 273 g/mol. The molecule has 2 rings (SSSR count). The molecule has 1 N–H and O–H groups in total. The molecule has 0 fully saturated rings. The third kappa shape index (κ3) is 3.61. The minimum absolute atomic E-state index is 0.764. The number of rotatable bonds is 8. The van der Waals surface area contributed by atoms with Crippen LogP contribution >= 0.6 is 0 Å². The van der Waals surface area contributed by atoms with Crippen molar-refractivity contribution in [1.82, 2.24) is 9.55 Å². The zero-order chi connectivity index (χ0) is 14.2. The Morgan fingerprint density at radius 3 is 2.95 bits per heavy atom. The van der Waals surface area contributed by atoms with Crippen LogP contribution in [0.15, 0.2) is 36.7 Å². The highest BCUT2D eigenvalue weighted by atomic mass is 16.5. The van der Waals surface area contributed by atoms with Crippen molar-refractivity contribution in [3.05, 3.63) is 42.2 Å². The first kappa shape index (κ1) is 14.6. The number of nitrogens with zero attached hydrogens (tertiary/aromatic N) is 2. The second-order valence-corrected chi connectivity index (χ2v) is 4.77. The van der Waals surface area contributed by atoms with E-state index in [0.717, 1.165) is 38.4 Å². The van der Waals surface area contributed by atoms with Gasteiger partial charge in [-0.3, -0.25) is 4.57 Å². The van der Waals surface area contributed by atoms with Gasteiger partial charge >= 0.3 is 0 Å². The molecule has 108 valence electrons. The van der Waals surface area contributed by atoms with E-state index >= 15 is 0 Å². The molecule has 0 unspecified atom stereocenters. The van der Waals surface area contributed by atoms with Crippen molar-refractivity contribution in [2.75, 3.05) is 25.6 Å². The first-order valence-corrected chi connectivity index (χ1v) is 7.21. The maximum Gasteiger partial charge on any atom is 0.207 e. The summed E-state index contributed by atoms with van der Waals surface area (Å²) in [5.74, 6) is 0.893. The molecule has 0 amide bonds. The molecule has 0 atom stereocenters. The summed E-state index contributed by atoms with van der Waals surface area (Å²) in [5.41, 5.74) is 2.56. The lowest BCUT2D eigenvalue weighted by Crippen LogP contribution is -2.10. The Balaban J connectivity index is 2.15. The average Bonchev–Trinajstić information content (AvgIpc) is 2.93. The van der Waals surface area contributed by atoms with Crippen molar-refractivity contribution < 1.29 is 4.74 Å². The topological polar surface area (TPSA) is 39.1 Å². The van der Waals surface area contributed by atoms with Crippen LogP contribution < -0.4 is 5.32 Å². The fourth-order valence-corrected chi connectivity index (χ4v) is 2.27. The Bertz CT molecular complexity index is 522. The second-order valence-electron chi connectivity index (χ2n) is 4.77. The third-order valence-electron chi connectivity index (χ3n) is 3.22. The van der Waals surface area contributed by atoms with E-state index in [0.29, 0.717) is 0 Å². The Morgan fingerprint density at radius 1 is 1.30 bits per heavy atom. The van der Waals surface area contributed by atoms with E-state index in [1.807, 2.05) is 12.4 Å². The van der Waals surface area contributed by atoms with Crippen LogP contribution in [0.4, 0.5) is 5.95 Å². The van der Waals surface area contributed by atoms with Crippen LogP contribution in [0, 0.1) is 0 Å². The highest BCUT2D eigenvalue weighted by Crippen LogP contribution is 2.20. The summed E-state index contributed by atoms with van der Waals surface area (Å²) >= 11 is 0. The van der Waals surface area contributed by atoms with Crippen LogP contribution in [0.3, 0.4) is 0 Å². The third-order valence-corrected chi connectivity index (χ3v) is 3.22. The molecule has 4 nitrogen and oxygen atoms in total. The maximum atomic E-state index is 5.06. The Labute approximate surface area is 120 Å². The number of anilines is 1. The maximum absolute atomic E-state index is 5.06. The predicted octanol–water partition coefficient (Wildman–Crippen LogP) is 3.27. The van der Waals surface area contributed by atoms with Crippen LogP contribution in [0.2, 0.25) is 0 Å². The predicted molar refractivity (Wildman–Crippen MR) is 82.5 cm³/mol. The summed E-state index contributed by atoms with van der Waals surface area (Å²) in [5, 5.41) is 3.37. The van der Waals surface area contributed by atoms with Crippen LogP contribution in [-0.2, 0) is 11.2 Å². The summed E-state index contributed by atoms with van der Waals surface area (Å²) in [6.45, 7) is 3.83. The zero-order valence-electron chi connectivity index (χ0n) is 12.3. The summed E-state index contributed by atoms with van der Waals surface area (Å²) in [6, 6.07) is 8.50. The van der Waals surface area contributed by atoms with Gasteiger partial charge in [-0.25, -0.2) is 4.98 Å².